The van der Waals surface area contributed by atoms with Gasteiger partial charge in [-0.25, -0.2) is 0 Å². The van der Waals surface area contributed by atoms with Crippen LogP contribution in [0.4, 0.5) is 14.5 Å². The molecule has 1 aromatic heterocycles. The standard InChI is InChI=1S/C13H9BrCl2F2N2O/c14-8-1-7(4-19-6-8)5-20-9-2-10(15)12(11(16)3-9)21-13(17)18/h1-4,6,13,20H,5H2. The van der Waals surface area contributed by atoms with Gasteiger partial charge in [0.2, 0.25) is 0 Å². The third kappa shape index (κ3) is 4.69. The molecule has 0 aliphatic carbocycles. The van der Waals surface area contributed by atoms with Gasteiger partial charge in [-0.15, -0.1) is 0 Å². The van der Waals surface area contributed by atoms with Gasteiger partial charge in [0.1, 0.15) is 0 Å². The van der Waals surface area contributed by atoms with Gasteiger partial charge in [-0.05, 0) is 39.7 Å². The van der Waals surface area contributed by atoms with Crippen LogP contribution in [0.1, 0.15) is 5.56 Å². The Morgan fingerprint density at radius 3 is 2.43 bits per heavy atom. The van der Waals surface area contributed by atoms with E-state index in [0.717, 1.165) is 10.0 Å². The van der Waals surface area contributed by atoms with E-state index in [9.17, 15) is 8.78 Å². The number of alkyl halides is 2. The van der Waals surface area contributed by atoms with Gasteiger partial charge in [0.25, 0.3) is 0 Å². The van der Waals surface area contributed by atoms with Gasteiger partial charge < -0.3 is 10.1 Å². The Balaban J connectivity index is 2.11. The highest BCUT2D eigenvalue weighted by molar-refractivity contribution is 9.10. The van der Waals surface area contributed by atoms with Crippen LogP contribution in [-0.2, 0) is 6.54 Å². The van der Waals surface area contributed by atoms with Crippen molar-refractivity contribution in [3.8, 4) is 5.75 Å². The highest BCUT2D eigenvalue weighted by Crippen LogP contribution is 2.37. The number of nitrogens with one attached hydrogen (secondary N) is 1. The first-order valence-electron chi connectivity index (χ1n) is 5.73. The second kappa shape index (κ2) is 7.24. The number of hydrogen-bond donors (Lipinski definition) is 1. The normalized spacial score (nSPS) is 10.8. The van der Waals surface area contributed by atoms with E-state index in [1.165, 1.54) is 12.1 Å². The average molecular weight is 398 g/mol. The van der Waals surface area contributed by atoms with Crippen LogP contribution < -0.4 is 10.1 Å². The van der Waals surface area contributed by atoms with Crippen LogP contribution in [-0.4, -0.2) is 11.6 Å². The highest BCUT2D eigenvalue weighted by atomic mass is 79.9. The first-order valence-corrected chi connectivity index (χ1v) is 7.28. The molecule has 0 fully saturated rings. The van der Waals surface area contributed by atoms with Crippen LogP contribution in [0.3, 0.4) is 0 Å². The molecule has 1 heterocycles. The summed E-state index contributed by atoms with van der Waals surface area (Å²) in [6.45, 7) is -2.50. The van der Waals surface area contributed by atoms with Crippen molar-refractivity contribution in [3.05, 3.63) is 50.7 Å². The minimum absolute atomic E-state index is 0.0117. The van der Waals surface area contributed by atoms with Crippen molar-refractivity contribution in [2.24, 2.45) is 0 Å². The van der Waals surface area contributed by atoms with E-state index in [1.54, 1.807) is 12.4 Å². The fourth-order valence-electron chi connectivity index (χ4n) is 1.62. The largest absolute Gasteiger partial charge is 0.432 e. The van der Waals surface area contributed by atoms with Crippen LogP contribution in [0, 0.1) is 0 Å². The van der Waals surface area contributed by atoms with Crippen molar-refractivity contribution < 1.29 is 13.5 Å². The summed E-state index contributed by atoms with van der Waals surface area (Å²) in [5.41, 5.74) is 1.52. The predicted octanol–water partition coefficient (Wildman–Crippen LogP) is 5.36. The average Bonchev–Trinajstić information content (AvgIpc) is 2.40. The summed E-state index contributed by atoms with van der Waals surface area (Å²) in [6.07, 6.45) is 3.38. The molecule has 1 aromatic carbocycles. The van der Waals surface area contributed by atoms with Crippen LogP contribution in [0.25, 0.3) is 0 Å². The summed E-state index contributed by atoms with van der Waals surface area (Å²) in [5.74, 6) is -0.233. The first-order chi connectivity index (χ1) is 9.95. The molecule has 21 heavy (non-hydrogen) atoms. The molecule has 2 aromatic rings. The highest BCUT2D eigenvalue weighted by Gasteiger charge is 2.14. The topological polar surface area (TPSA) is 34.1 Å². The molecule has 0 radical (unpaired) electrons. The van der Waals surface area contributed by atoms with Crippen molar-refractivity contribution in [1.82, 2.24) is 4.98 Å². The second-order valence-corrected chi connectivity index (χ2v) is 5.74. The van der Waals surface area contributed by atoms with E-state index in [1.807, 2.05) is 6.07 Å². The number of aromatic nitrogens is 1. The lowest BCUT2D eigenvalue weighted by Gasteiger charge is -2.12. The van der Waals surface area contributed by atoms with Crippen LogP contribution in [0.2, 0.25) is 10.0 Å². The lowest BCUT2D eigenvalue weighted by Crippen LogP contribution is -2.04. The van der Waals surface area contributed by atoms with Crippen molar-refractivity contribution in [1.29, 1.82) is 0 Å². The lowest BCUT2D eigenvalue weighted by atomic mass is 10.2. The van der Waals surface area contributed by atoms with Crippen LogP contribution >= 0.6 is 39.1 Å². The van der Waals surface area contributed by atoms with E-state index in [-0.39, 0.29) is 15.8 Å². The van der Waals surface area contributed by atoms with E-state index in [2.05, 4.69) is 31.0 Å². The number of pyridine rings is 1. The Morgan fingerprint density at radius 2 is 1.86 bits per heavy atom. The van der Waals surface area contributed by atoms with Gasteiger partial charge in [0, 0.05) is 29.1 Å². The summed E-state index contributed by atoms with van der Waals surface area (Å²) >= 11 is 15.1. The van der Waals surface area contributed by atoms with E-state index >= 15 is 0 Å². The minimum Gasteiger partial charge on any atom is -0.432 e. The fraction of sp³-hybridized carbons (Fsp3) is 0.154. The molecule has 0 unspecified atom stereocenters. The Hall–Kier alpha value is -1.11. The van der Waals surface area contributed by atoms with Crippen molar-refractivity contribution in [3.63, 3.8) is 0 Å². The summed E-state index contributed by atoms with van der Waals surface area (Å²) in [5, 5.41) is 3.10. The molecule has 0 aliphatic rings. The molecule has 2 rings (SSSR count). The smallest absolute Gasteiger partial charge is 0.387 e. The zero-order chi connectivity index (χ0) is 15.4. The molecule has 0 bridgehead atoms. The van der Waals surface area contributed by atoms with Crippen LogP contribution in [0.5, 0.6) is 5.75 Å². The number of hydrogen-bond acceptors (Lipinski definition) is 3. The molecule has 0 amide bonds. The molecule has 0 atom stereocenters. The van der Waals surface area contributed by atoms with Gasteiger partial charge >= 0.3 is 6.61 Å². The van der Waals surface area contributed by atoms with Gasteiger partial charge in [-0.3, -0.25) is 4.98 Å². The quantitative estimate of drug-likeness (QED) is 0.736. The summed E-state index contributed by atoms with van der Waals surface area (Å²) in [7, 11) is 0. The maximum absolute atomic E-state index is 12.2. The maximum atomic E-state index is 12.2. The Kier molecular flexibility index (Phi) is 5.61. The zero-order valence-electron chi connectivity index (χ0n) is 10.4. The fourth-order valence-corrected chi connectivity index (χ4v) is 2.61. The van der Waals surface area contributed by atoms with E-state index in [0.29, 0.717) is 12.2 Å². The molecule has 0 aliphatic heterocycles. The molecule has 0 spiro atoms. The maximum Gasteiger partial charge on any atom is 0.387 e. The first kappa shape index (κ1) is 16.3. The van der Waals surface area contributed by atoms with Gasteiger partial charge in [0.05, 0.1) is 10.0 Å². The Labute approximate surface area is 138 Å². The van der Waals surface area contributed by atoms with Crippen molar-refractivity contribution >= 4 is 44.8 Å². The van der Waals surface area contributed by atoms with Gasteiger partial charge in [-0.1, -0.05) is 23.2 Å². The third-order valence-electron chi connectivity index (χ3n) is 2.46. The summed E-state index contributed by atoms with van der Waals surface area (Å²) in [6, 6.07) is 4.84. The third-order valence-corrected chi connectivity index (χ3v) is 3.46. The Bertz CT molecular complexity index is 620. The molecule has 112 valence electrons. The monoisotopic (exact) mass is 396 g/mol. The molecule has 3 nitrogen and oxygen atoms in total. The molecular formula is C13H9BrCl2F2N2O. The number of nitrogens with zero attached hydrogens (tertiary/aromatic N) is 1. The second-order valence-electron chi connectivity index (χ2n) is 4.01. The molecule has 1 N–H and O–H groups in total. The van der Waals surface area contributed by atoms with Gasteiger partial charge in [0.15, 0.2) is 5.75 Å². The number of ether oxygens (including phenoxy) is 1. The van der Waals surface area contributed by atoms with E-state index in [4.69, 9.17) is 23.2 Å². The molecule has 0 saturated heterocycles. The summed E-state index contributed by atoms with van der Waals surface area (Å²) in [4.78, 5) is 4.04. The Morgan fingerprint density at radius 1 is 1.19 bits per heavy atom. The van der Waals surface area contributed by atoms with Crippen molar-refractivity contribution in [2.45, 2.75) is 13.2 Å². The molecular weight excluding hydrogens is 389 g/mol. The molecule has 0 saturated carbocycles. The predicted molar refractivity (Wildman–Crippen MR) is 82.4 cm³/mol. The SMILES string of the molecule is FC(F)Oc1c(Cl)cc(NCc2cncc(Br)c2)cc1Cl. The summed E-state index contributed by atoms with van der Waals surface area (Å²) < 4.78 is 29.6. The zero-order valence-corrected chi connectivity index (χ0v) is 13.5. The van der Waals surface area contributed by atoms with Crippen molar-refractivity contribution in [2.75, 3.05) is 5.32 Å². The number of benzene rings is 1. The molecule has 8 heteroatoms. The van der Waals surface area contributed by atoms with Gasteiger partial charge in [-0.2, -0.15) is 8.78 Å². The number of rotatable bonds is 5. The van der Waals surface area contributed by atoms with Crippen LogP contribution in [0.15, 0.2) is 35.1 Å². The number of halogens is 5. The minimum atomic E-state index is -2.98. The van der Waals surface area contributed by atoms with E-state index < -0.39 is 6.61 Å². The number of anilines is 1. The lowest BCUT2D eigenvalue weighted by molar-refractivity contribution is -0.0497.